The van der Waals surface area contributed by atoms with Crippen molar-refractivity contribution in [3.05, 3.63) is 64.3 Å². The third-order valence-electron chi connectivity index (χ3n) is 6.61. The van der Waals surface area contributed by atoms with Gasteiger partial charge in [-0.2, -0.15) is 0 Å². The van der Waals surface area contributed by atoms with Crippen LogP contribution in [0.15, 0.2) is 58.7 Å². The van der Waals surface area contributed by atoms with Crippen LogP contribution in [0.1, 0.15) is 31.2 Å². The van der Waals surface area contributed by atoms with Gasteiger partial charge < -0.3 is 5.11 Å². The molecule has 1 aromatic carbocycles. The zero-order valence-corrected chi connectivity index (χ0v) is 15.8. The number of carbonyl (C=O) groups is 4. The number of benzene rings is 1. The second-order valence-corrected chi connectivity index (χ2v) is 8.18. The number of aromatic hydroxyl groups is 1. The SMILES string of the molecule is CC1=CC(=O)C2=C(C[C@@H]3C(=CC[C@@H]4C(=O)NC(=O)[C@@H]43)[C@@H]2c2cccc(O)c2)C1=O. The quantitative estimate of drug-likeness (QED) is 0.435. The fraction of sp³-hybridized carbons (Fsp3) is 0.304. The van der Waals surface area contributed by atoms with Crippen LogP contribution in [0.4, 0.5) is 0 Å². The van der Waals surface area contributed by atoms with Crippen LogP contribution in [0.2, 0.25) is 0 Å². The number of imide groups is 1. The number of fused-ring (bicyclic) bond motifs is 3. The number of amides is 2. The van der Waals surface area contributed by atoms with E-state index >= 15 is 0 Å². The number of hydrogen-bond acceptors (Lipinski definition) is 5. The molecule has 29 heavy (non-hydrogen) atoms. The average Bonchev–Trinajstić information content (AvgIpc) is 2.98. The molecule has 146 valence electrons. The second-order valence-electron chi connectivity index (χ2n) is 8.18. The highest BCUT2D eigenvalue weighted by Gasteiger charge is 2.53. The van der Waals surface area contributed by atoms with E-state index < -0.39 is 17.8 Å². The Kier molecular flexibility index (Phi) is 3.75. The molecule has 2 amide bonds. The van der Waals surface area contributed by atoms with Crippen LogP contribution in [-0.2, 0) is 19.2 Å². The van der Waals surface area contributed by atoms with E-state index in [1.165, 1.54) is 6.08 Å². The predicted octanol–water partition coefficient (Wildman–Crippen LogP) is 2.11. The van der Waals surface area contributed by atoms with Crippen molar-refractivity contribution in [2.75, 3.05) is 0 Å². The lowest BCUT2D eigenvalue weighted by atomic mass is 9.59. The fourth-order valence-corrected chi connectivity index (χ4v) is 5.38. The molecule has 1 aliphatic heterocycles. The van der Waals surface area contributed by atoms with Gasteiger partial charge in [0.2, 0.25) is 11.8 Å². The molecule has 0 bridgehead atoms. The molecular formula is C23H19NO5. The molecule has 3 aliphatic carbocycles. The molecule has 0 aromatic heterocycles. The van der Waals surface area contributed by atoms with Crippen LogP contribution in [0.3, 0.4) is 0 Å². The number of allylic oxidation sites excluding steroid dienone is 6. The van der Waals surface area contributed by atoms with Gasteiger partial charge in [-0.1, -0.05) is 23.8 Å². The van der Waals surface area contributed by atoms with Crippen molar-refractivity contribution in [3.8, 4) is 5.75 Å². The first-order chi connectivity index (χ1) is 13.9. The van der Waals surface area contributed by atoms with Gasteiger partial charge in [-0.05, 0) is 49.5 Å². The lowest BCUT2D eigenvalue weighted by molar-refractivity contribution is -0.126. The van der Waals surface area contributed by atoms with Crippen LogP contribution in [-0.4, -0.2) is 28.5 Å². The molecule has 1 fully saturated rings. The van der Waals surface area contributed by atoms with Gasteiger partial charge in [0, 0.05) is 22.6 Å². The van der Waals surface area contributed by atoms with Crippen LogP contribution in [0.5, 0.6) is 5.75 Å². The van der Waals surface area contributed by atoms with Gasteiger partial charge in [0.15, 0.2) is 11.6 Å². The molecule has 0 spiro atoms. The van der Waals surface area contributed by atoms with Crippen LogP contribution in [0.25, 0.3) is 0 Å². The maximum absolute atomic E-state index is 13.0. The molecule has 6 heteroatoms. The van der Waals surface area contributed by atoms with Gasteiger partial charge in [0.05, 0.1) is 11.8 Å². The van der Waals surface area contributed by atoms with Gasteiger partial charge in [0.1, 0.15) is 5.75 Å². The molecule has 1 heterocycles. The van der Waals surface area contributed by atoms with E-state index in [1.54, 1.807) is 25.1 Å². The first-order valence-corrected chi connectivity index (χ1v) is 9.70. The number of Topliss-reactive ketones (excluding diaryl/α,β-unsaturated/α-hetero) is 1. The Morgan fingerprint density at radius 2 is 1.86 bits per heavy atom. The van der Waals surface area contributed by atoms with Crippen molar-refractivity contribution in [2.24, 2.45) is 17.8 Å². The lowest BCUT2D eigenvalue weighted by Gasteiger charge is -2.42. The maximum atomic E-state index is 13.0. The van der Waals surface area contributed by atoms with E-state index in [0.29, 0.717) is 28.7 Å². The first-order valence-electron chi connectivity index (χ1n) is 9.70. The van der Waals surface area contributed by atoms with Crippen LogP contribution < -0.4 is 5.32 Å². The number of nitrogens with one attached hydrogen (secondary N) is 1. The number of ketones is 2. The summed E-state index contributed by atoms with van der Waals surface area (Å²) in [6.07, 6.45) is 4.01. The molecule has 1 aromatic rings. The van der Waals surface area contributed by atoms with Crippen molar-refractivity contribution >= 4 is 23.4 Å². The third-order valence-corrected chi connectivity index (χ3v) is 6.61. The Balaban J connectivity index is 1.73. The Morgan fingerprint density at radius 3 is 2.62 bits per heavy atom. The van der Waals surface area contributed by atoms with Gasteiger partial charge in [0.25, 0.3) is 0 Å². The number of hydrogen-bond donors (Lipinski definition) is 2. The summed E-state index contributed by atoms with van der Waals surface area (Å²) in [6.45, 7) is 1.62. The minimum atomic E-state index is -0.537. The van der Waals surface area contributed by atoms with Crippen molar-refractivity contribution in [2.45, 2.75) is 25.7 Å². The molecule has 5 rings (SSSR count). The average molecular weight is 389 g/mol. The predicted molar refractivity (Wildman–Crippen MR) is 103 cm³/mol. The monoisotopic (exact) mass is 389 g/mol. The zero-order valence-electron chi connectivity index (χ0n) is 15.8. The third kappa shape index (κ3) is 2.48. The van der Waals surface area contributed by atoms with Crippen molar-refractivity contribution < 1.29 is 24.3 Å². The first kappa shape index (κ1) is 17.8. The summed E-state index contributed by atoms with van der Waals surface area (Å²) in [7, 11) is 0. The largest absolute Gasteiger partial charge is 0.508 e. The Labute approximate surface area is 167 Å². The number of rotatable bonds is 1. The van der Waals surface area contributed by atoms with Gasteiger partial charge in [-0.15, -0.1) is 0 Å². The topological polar surface area (TPSA) is 101 Å². The van der Waals surface area contributed by atoms with E-state index in [-0.39, 0.29) is 41.5 Å². The summed E-state index contributed by atoms with van der Waals surface area (Å²) in [6, 6.07) is 6.65. The van der Waals surface area contributed by atoms with Gasteiger partial charge in [-0.25, -0.2) is 0 Å². The van der Waals surface area contributed by atoms with Gasteiger partial charge >= 0.3 is 0 Å². The maximum Gasteiger partial charge on any atom is 0.231 e. The van der Waals surface area contributed by atoms with Crippen LogP contribution >= 0.6 is 0 Å². The molecule has 6 nitrogen and oxygen atoms in total. The van der Waals surface area contributed by atoms with E-state index in [0.717, 1.165) is 5.57 Å². The summed E-state index contributed by atoms with van der Waals surface area (Å²) in [4.78, 5) is 50.7. The smallest absolute Gasteiger partial charge is 0.231 e. The summed E-state index contributed by atoms with van der Waals surface area (Å²) >= 11 is 0. The van der Waals surface area contributed by atoms with E-state index in [2.05, 4.69) is 5.32 Å². The Morgan fingerprint density at radius 1 is 1.07 bits per heavy atom. The molecule has 1 saturated heterocycles. The summed E-state index contributed by atoms with van der Waals surface area (Å²) < 4.78 is 0. The number of carbonyl (C=O) groups excluding carboxylic acids is 4. The molecular weight excluding hydrogens is 370 g/mol. The molecule has 4 aliphatic rings. The fourth-order valence-electron chi connectivity index (χ4n) is 5.38. The second kappa shape index (κ2) is 6.11. The molecule has 0 saturated carbocycles. The molecule has 0 unspecified atom stereocenters. The Bertz CT molecular complexity index is 1110. The van der Waals surface area contributed by atoms with Crippen molar-refractivity contribution in [1.82, 2.24) is 5.32 Å². The minimum Gasteiger partial charge on any atom is -0.508 e. The highest BCUT2D eigenvalue weighted by Crippen LogP contribution is 2.54. The minimum absolute atomic E-state index is 0.0659. The van der Waals surface area contributed by atoms with Crippen molar-refractivity contribution in [3.63, 3.8) is 0 Å². The van der Waals surface area contributed by atoms with Crippen molar-refractivity contribution in [1.29, 1.82) is 0 Å². The molecule has 0 radical (unpaired) electrons. The lowest BCUT2D eigenvalue weighted by Crippen LogP contribution is -2.39. The summed E-state index contributed by atoms with van der Waals surface area (Å²) in [5.41, 5.74) is 2.82. The van der Waals surface area contributed by atoms with Crippen LogP contribution in [0, 0.1) is 17.8 Å². The Hall–Kier alpha value is -3.28. The van der Waals surface area contributed by atoms with E-state index in [9.17, 15) is 24.3 Å². The number of phenolic OH excluding ortho intramolecular Hbond substituents is 1. The summed E-state index contributed by atoms with van der Waals surface area (Å²) in [5, 5.41) is 12.4. The molecule has 4 atom stereocenters. The van der Waals surface area contributed by atoms with E-state index in [4.69, 9.17) is 0 Å². The molecule has 2 N–H and O–H groups in total. The van der Waals surface area contributed by atoms with E-state index in [1.807, 2.05) is 12.1 Å². The van der Waals surface area contributed by atoms with Gasteiger partial charge in [-0.3, -0.25) is 24.5 Å². The normalized spacial score (nSPS) is 30.9. The highest BCUT2D eigenvalue weighted by atomic mass is 16.3. The summed E-state index contributed by atoms with van der Waals surface area (Å²) in [5.74, 6) is -2.72. The zero-order chi connectivity index (χ0) is 20.4. The highest BCUT2D eigenvalue weighted by molar-refractivity contribution is 6.23. The standard InChI is InChI=1S/C23H19NO5/c1-10-7-17(26)20-16(21(10)27)9-15-13(18(20)11-3-2-4-12(25)8-11)5-6-14-19(15)23(29)24-22(14)28/h2-5,7-8,14-15,18-19,25H,6,9H2,1H3,(H,24,28,29)/t14-,15+,18-,19-/m0/s1. The number of phenols is 1.